The minimum absolute atomic E-state index is 0.128. The van der Waals surface area contributed by atoms with Crippen molar-refractivity contribution in [2.45, 2.75) is 19.3 Å². The topological polar surface area (TPSA) is 20.2 Å². The minimum Gasteiger partial charge on any atom is -0.392 e. The molecule has 1 rings (SSSR count). The van der Waals surface area contributed by atoms with E-state index in [1.165, 1.54) is 5.56 Å². The second-order valence-corrected chi connectivity index (χ2v) is 3.91. The van der Waals surface area contributed by atoms with Gasteiger partial charge in [-0.1, -0.05) is 48.6 Å². The van der Waals surface area contributed by atoms with Crippen molar-refractivity contribution in [2.75, 3.05) is 6.61 Å². The van der Waals surface area contributed by atoms with Crippen molar-refractivity contribution in [3.8, 4) is 0 Å². The number of hydrogen-bond acceptors (Lipinski definition) is 1. The van der Waals surface area contributed by atoms with Crippen molar-refractivity contribution in [1.82, 2.24) is 0 Å². The molecule has 0 aromatic heterocycles. The minimum atomic E-state index is 0.128. The van der Waals surface area contributed by atoms with Crippen molar-refractivity contribution in [2.24, 2.45) is 5.92 Å². The molecule has 86 valence electrons. The normalized spacial score (nSPS) is 12.8. The first-order chi connectivity index (χ1) is 7.86. The fourth-order valence-corrected chi connectivity index (χ4v) is 1.67. The fraction of sp³-hybridized carbons (Fsp3) is 0.333. The summed E-state index contributed by atoms with van der Waals surface area (Å²) in [7, 11) is 0. The average molecular weight is 216 g/mol. The molecule has 0 saturated carbocycles. The summed E-state index contributed by atoms with van der Waals surface area (Å²) in [6.07, 6.45) is 8.99. The molecule has 1 nitrogen and oxygen atoms in total. The van der Waals surface area contributed by atoms with Gasteiger partial charge in [0.05, 0.1) is 6.61 Å². The molecule has 1 unspecified atom stereocenters. The van der Waals surface area contributed by atoms with Crippen LogP contribution < -0.4 is 0 Å². The zero-order valence-electron chi connectivity index (χ0n) is 9.68. The third-order valence-corrected chi connectivity index (χ3v) is 2.69. The van der Waals surface area contributed by atoms with Crippen LogP contribution in [0.4, 0.5) is 0 Å². The predicted octanol–water partition coefficient (Wildman–Crippen LogP) is 3.36. The molecule has 1 atom stereocenters. The van der Waals surface area contributed by atoms with Crippen LogP contribution in [0.2, 0.25) is 0 Å². The van der Waals surface area contributed by atoms with Gasteiger partial charge < -0.3 is 5.11 Å². The maximum atomic E-state index is 8.65. The molecule has 0 saturated heterocycles. The van der Waals surface area contributed by atoms with Crippen molar-refractivity contribution < 1.29 is 5.11 Å². The van der Waals surface area contributed by atoms with Crippen LogP contribution in [0.15, 0.2) is 55.1 Å². The maximum absolute atomic E-state index is 8.65. The number of aliphatic hydroxyl groups excluding tert-OH is 1. The lowest BCUT2D eigenvalue weighted by Crippen LogP contribution is -1.97. The first kappa shape index (κ1) is 12.7. The molecule has 0 fully saturated rings. The van der Waals surface area contributed by atoms with E-state index in [0.29, 0.717) is 5.92 Å². The Morgan fingerprint density at radius 3 is 2.56 bits per heavy atom. The van der Waals surface area contributed by atoms with Gasteiger partial charge in [-0.05, 0) is 30.7 Å². The van der Waals surface area contributed by atoms with E-state index in [9.17, 15) is 0 Å². The van der Waals surface area contributed by atoms with E-state index in [4.69, 9.17) is 5.11 Å². The summed E-state index contributed by atoms with van der Waals surface area (Å²) in [6, 6.07) is 10.5. The van der Waals surface area contributed by atoms with E-state index >= 15 is 0 Å². The molecule has 1 heteroatoms. The molecule has 16 heavy (non-hydrogen) atoms. The SMILES string of the molecule is C=CC(C/C=C/CO)CCc1ccccc1. The third kappa shape index (κ3) is 4.94. The number of allylic oxidation sites excluding steroid dienone is 2. The van der Waals surface area contributed by atoms with Crippen molar-refractivity contribution in [3.05, 3.63) is 60.7 Å². The molecule has 0 radical (unpaired) electrons. The van der Waals surface area contributed by atoms with Gasteiger partial charge in [-0.15, -0.1) is 6.58 Å². The van der Waals surface area contributed by atoms with Crippen LogP contribution in [-0.2, 0) is 6.42 Å². The van der Waals surface area contributed by atoms with Gasteiger partial charge in [0.2, 0.25) is 0 Å². The number of rotatable bonds is 7. The lowest BCUT2D eigenvalue weighted by atomic mass is 9.96. The molecule has 0 heterocycles. The Morgan fingerprint density at radius 2 is 1.94 bits per heavy atom. The van der Waals surface area contributed by atoms with Crippen LogP contribution in [0.1, 0.15) is 18.4 Å². The lowest BCUT2D eigenvalue weighted by Gasteiger charge is -2.09. The summed E-state index contributed by atoms with van der Waals surface area (Å²) in [5.74, 6) is 0.503. The molecule has 0 aliphatic heterocycles. The largest absolute Gasteiger partial charge is 0.392 e. The van der Waals surface area contributed by atoms with Crippen LogP contribution in [-0.4, -0.2) is 11.7 Å². The summed E-state index contributed by atoms with van der Waals surface area (Å²) < 4.78 is 0. The highest BCUT2D eigenvalue weighted by Crippen LogP contribution is 2.14. The van der Waals surface area contributed by atoms with Gasteiger partial charge in [-0.2, -0.15) is 0 Å². The van der Waals surface area contributed by atoms with E-state index in [-0.39, 0.29) is 6.61 Å². The first-order valence-corrected chi connectivity index (χ1v) is 5.79. The van der Waals surface area contributed by atoms with E-state index in [2.05, 4.69) is 30.8 Å². The summed E-state index contributed by atoms with van der Waals surface area (Å²) in [5.41, 5.74) is 1.38. The Balaban J connectivity index is 2.34. The molecule has 1 aromatic carbocycles. The van der Waals surface area contributed by atoms with Gasteiger partial charge in [0, 0.05) is 0 Å². The monoisotopic (exact) mass is 216 g/mol. The Bertz CT molecular complexity index is 313. The second-order valence-electron chi connectivity index (χ2n) is 3.91. The maximum Gasteiger partial charge on any atom is 0.0612 e. The van der Waals surface area contributed by atoms with Gasteiger partial charge in [-0.25, -0.2) is 0 Å². The van der Waals surface area contributed by atoms with Crippen LogP contribution in [0, 0.1) is 5.92 Å². The quantitative estimate of drug-likeness (QED) is 0.693. The Morgan fingerprint density at radius 1 is 1.19 bits per heavy atom. The van der Waals surface area contributed by atoms with Gasteiger partial charge in [0.1, 0.15) is 0 Å². The highest BCUT2D eigenvalue weighted by atomic mass is 16.2. The fourth-order valence-electron chi connectivity index (χ4n) is 1.67. The summed E-state index contributed by atoms with van der Waals surface area (Å²) in [6.45, 7) is 3.98. The van der Waals surface area contributed by atoms with Crippen LogP contribution in [0.25, 0.3) is 0 Å². The zero-order chi connectivity index (χ0) is 11.6. The molecule has 1 aromatic rings. The Hall–Kier alpha value is -1.34. The molecule has 0 aliphatic carbocycles. The van der Waals surface area contributed by atoms with Crippen molar-refractivity contribution >= 4 is 0 Å². The highest BCUT2D eigenvalue weighted by molar-refractivity contribution is 5.14. The van der Waals surface area contributed by atoms with Crippen LogP contribution in [0.5, 0.6) is 0 Å². The summed E-state index contributed by atoms with van der Waals surface area (Å²) in [4.78, 5) is 0. The molecule has 0 amide bonds. The smallest absolute Gasteiger partial charge is 0.0612 e. The van der Waals surface area contributed by atoms with Gasteiger partial charge in [0.15, 0.2) is 0 Å². The van der Waals surface area contributed by atoms with E-state index in [1.54, 1.807) is 6.08 Å². The Labute approximate surface area is 98.1 Å². The number of aryl methyl sites for hydroxylation is 1. The third-order valence-electron chi connectivity index (χ3n) is 2.69. The first-order valence-electron chi connectivity index (χ1n) is 5.79. The summed E-state index contributed by atoms with van der Waals surface area (Å²) >= 11 is 0. The van der Waals surface area contributed by atoms with Gasteiger partial charge in [-0.3, -0.25) is 0 Å². The lowest BCUT2D eigenvalue weighted by molar-refractivity contribution is 0.342. The van der Waals surface area contributed by atoms with Crippen molar-refractivity contribution in [1.29, 1.82) is 0 Å². The van der Waals surface area contributed by atoms with Gasteiger partial charge in [0.25, 0.3) is 0 Å². The molecule has 0 bridgehead atoms. The van der Waals surface area contributed by atoms with Crippen LogP contribution >= 0.6 is 0 Å². The highest BCUT2D eigenvalue weighted by Gasteiger charge is 2.02. The number of hydrogen-bond donors (Lipinski definition) is 1. The molecular weight excluding hydrogens is 196 g/mol. The predicted molar refractivity (Wildman–Crippen MR) is 69.3 cm³/mol. The Kier molecular flexibility index (Phi) is 6.28. The average Bonchev–Trinajstić information content (AvgIpc) is 2.35. The number of benzene rings is 1. The summed E-state index contributed by atoms with van der Waals surface area (Å²) in [5, 5.41) is 8.65. The molecular formula is C15H20O. The molecule has 0 aliphatic rings. The van der Waals surface area contributed by atoms with Gasteiger partial charge >= 0.3 is 0 Å². The van der Waals surface area contributed by atoms with E-state index < -0.39 is 0 Å². The molecule has 1 N–H and O–H groups in total. The standard InChI is InChI=1S/C15H20O/c1-2-14(8-6-7-13-16)11-12-15-9-4-3-5-10-15/h2-7,9-10,14,16H,1,8,11-13H2/b7-6+. The second kappa shape index (κ2) is 7.89. The van der Waals surface area contributed by atoms with E-state index in [0.717, 1.165) is 19.3 Å². The number of aliphatic hydroxyl groups is 1. The van der Waals surface area contributed by atoms with Crippen molar-refractivity contribution in [3.63, 3.8) is 0 Å². The zero-order valence-corrected chi connectivity index (χ0v) is 9.68. The van der Waals surface area contributed by atoms with E-state index in [1.807, 2.05) is 18.2 Å². The molecule has 0 spiro atoms. The van der Waals surface area contributed by atoms with Crippen LogP contribution in [0.3, 0.4) is 0 Å².